The fraction of sp³-hybridized carbons (Fsp3) is 0.200. The number of benzene rings is 1. The van der Waals surface area contributed by atoms with E-state index >= 15 is 0 Å². The summed E-state index contributed by atoms with van der Waals surface area (Å²) < 4.78 is 5.51. The Morgan fingerprint density at radius 1 is 1.35 bits per heavy atom. The molecule has 5 heteroatoms. The molecular weight excluding hydrogens is 320 g/mol. The zero-order valence-electron chi connectivity index (χ0n) is 11.3. The molecule has 0 fully saturated rings. The van der Waals surface area contributed by atoms with Gasteiger partial charge in [0, 0.05) is 5.69 Å². The fourth-order valence-corrected chi connectivity index (χ4v) is 2.22. The second-order valence-electron chi connectivity index (χ2n) is 4.33. The topological polar surface area (TPSA) is 51.2 Å². The minimum absolute atomic E-state index is 0.326. The summed E-state index contributed by atoms with van der Waals surface area (Å²) in [6, 6.07) is 11.2. The van der Waals surface area contributed by atoms with Crippen LogP contribution < -0.4 is 5.32 Å². The molecule has 20 heavy (non-hydrogen) atoms. The second-order valence-corrected chi connectivity index (χ2v) is 5.14. The van der Waals surface area contributed by atoms with Gasteiger partial charge in [0.2, 0.25) is 0 Å². The second kappa shape index (κ2) is 6.52. The normalized spacial score (nSPS) is 10.2. The smallest absolute Gasteiger partial charge is 0.337 e. The van der Waals surface area contributed by atoms with Crippen molar-refractivity contribution in [3.8, 4) is 0 Å². The number of esters is 1. The maximum atomic E-state index is 11.4. The quantitative estimate of drug-likeness (QED) is 0.686. The lowest BCUT2D eigenvalue weighted by Crippen LogP contribution is -2.05. The van der Waals surface area contributed by atoms with Crippen molar-refractivity contribution in [1.82, 2.24) is 4.98 Å². The highest BCUT2D eigenvalue weighted by Crippen LogP contribution is 2.18. The third kappa shape index (κ3) is 3.57. The molecule has 1 heterocycles. The number of aromatic nitrogens is 1. The van der Waals surface area contributed by atoms with E-state index in [1.807, 2.05) is 37.3 Å². The van der Waals surface area contributed by atoms with Gasteiger partial charge in [-0.25, -0.2) is 9.78 Å². The number of carbonyl (C=O) groups excluding carboxylic acids is 1. The van der Waals surface area contributed by atoms with Crippen molar-refractivity contribution < 1.29 is 9.53 Å². The van der Waals surface area contributed by atoms with Crippen molar-refractivity contribution in [2.45, 2.75) is 13.5 Å². The van der Waals surface area contributed by atoms with Gasteiger partial charge in [-0.2, -0.15) is 0 Å². The molecule has 0 unspecified atom stereocenters. The van der Waals surface area contributed by atoms with Crippen LogP contribution in [0, 0.1) is 6.92 Å². The summed E-state index contributed by atoms with van der Waals surface area (Å²) in [6.07, 6.45) is 0. The number of ether oxygens (including phenoxy) is 1. The molecule has 0 saturated heterocycles. The van der Waals surface area contributed by atoms with Crippen LogP contribution in [0.1, 0.15) is 21.6 Å². The molecule has 104 valence electrons. The van der Waals surface area contributed by atoms with E-state index in [1.54, 1.807) is 6.07 Å². The number of anilines is 1. The van der Waals surface area contributed by atoms with Crippen LogP contribution in [0.15, 0.2) is 41.0 Å². The van der Waals surface area contributed by atoms with Crippen LogP contribution in [-0.2, 0) is 11.3 Å². The minimum atomic E-state index is -0.326. The van der Waals surface area contributed by atoms with Crippen LogP contribution in [0.5, 0.6) is 0 Å². The van der Waals surface area contributed by atoms with Crippen molar-refractivity contribution in [2.24, 2.45) is 0 Å². The van der Waals surface area contributed by atoms with Crippen LogP contribution >= 0.6 is 15.9 Å². The van der Waals surface area contributed by atoms with Gasteiger partial charge < -0.3 is 10.1 Å². The lowest BCUT2D eigenvalue weighted by Gasteiger charge is -2.10. The monoisotopic (exact) mass is 334 g/mol. The first-order valence-electron chi connectivity index (χ1n) is 6.14. The lowest BCUT2D eigenvalue weighted by molar-refractivity contribution is 0.0600. The number of carbonyl (C=O) groups is 1. The Balaban J connectivity index is 2.08. The van der Waals surface area contributed by atoms with Gasteiger partial charge in [-0.15, -0.1) is 0 Å². The number of nitrogens with zero attached hydrogens (tertiary/aromatic N) is 1. The third-order valence-electron chi connectivity index (χ3n) is 2.88. The molecule has 2 rings (SSSR count). The molecule has 0 aliphatic heterocycles. The molecule has 0 aliphatic carbocycles. The van der Waals surface area contributed by atoms with Gasteiger partial charge in [-0.3, -0.25) is 0 Å². The van der Waals surface area contributed by atoms with Gasteiger partial charge in [-0.1, -0.05) is 6.07 Å². The first-order chi connectivity index (χ1) is 9.60. The number of rotatable bonds is 4. The van der Waals surface area contributed by atoms with Crippen molar-refractivity contribution in [3.05, 3.63) is 57.8 Å². The molecule has 1 aromatic carbocycles. The Morgan fingerprint density at radius 3 is 2.80 bits per heavy atom. The summed E-state index contributed by atoms with van der Waals surface area (Å²) in [5.74, 6) is -0.326. The molecule has 1 aromatic heterocycles. The number of nitrogens with one attached hydrogen (secondary N) is 1. The maximum absolute atomic E-state index is 11.4. The number of hydrogen-bond acceptors (Lipinski definition) is 4. The Hall–Kier alpha value is -1.88. The molecular formula is C15H15BrN2O2. The van der Waals surface area contributed by atoms with Crippen LogP contribution in [0.4, 0.5) is 5.69 Å². The Labute approximate surface area is 126 Å². The Kier molecular flexibility index (Phi) is 4.74. The van der Waals surface area contributed by atoms with Gasteiger partial charge in [-0.05, 0) is 58.7 Å². The molecule has 0 aliphatic rings. The summed E-state index contributed by atoms with van der Waals surface area (Å²) >= 11 is 3.35. The summed E-state index contributed by atoms with van der Waals surface area (Å²) in [6.45, 7) is 2.57. The molecule has 4 nitrogen and oxygen atoms in total. The van der Waals surface area contributed by atoms with E-state index in [9.17, 15) is 4.79 Å². The lowest BCUT2D eigenvalue weighted by atomic mass is 10.1. The molecule has 0 bridgehead atoms. The average Bonchev–Trinajstić information content (AvgIpc) is 2.45. The predicted molar refractivity (Wildman–Crippen MR) is 81.8 cm³/mol. The molecule has 2 aromatic rings. The molecule has 0 saturated carbocycles. The van der Waals surface area contributed by atoms with Crippen LogP contribution in [0.2, 0.25) is 0 Å². The summed E-state index contributed by atoms with van der Waals surface area (Å²) in [5.41, 5.74) is 3.45. The van der Waals surface area contributed by atoms with E-state index in [2.05, 4.69) is 26.2 Å². The number of halogens is 1. The SMILES string of the molecule is COC(=O)c1ccc(NCc2cccc(Br)n2)c(C)c1. The van der Waals surface area contributed by atoms with Crippen molar-refractivity contribution in [1.29, 1.82) is 0 Å². The van der Waals surface area contributed by atoms with E-state index < -0.39 is 0 Å². The third-order valence-corrected chi connectivity index (χ3v) is 3.32. The number of aryl methyl sites for hydroxylation is 1. The van der Waals surface area contributed by atoms with Gasteiger partial charge in [0.1, 0.15) is 4.60 Å². The first-order valence-corrected chi connectivity index (χ1v) is 6.93. The summed E-state index contributed by atoms with van der Waals surface area (Å²) in [7, 11) is 1.38. The standard InChI is InChI=1S/C15H15BrN2O2/c1-10-8-11(15(19)20-2)6-7-13(10)17-9-12-4-3-5-14(16)18-12/h3-8,17H,9H2,1-2H3. The first kappa shape index (κ1) is 14.5. The predicted octanol–water partition coefficient (Wildman–Crippen LogP) is 3.55. The molecule has 0 atom stereocenters. The average molecular weight is 335 g/mol. The zero-order chi connectivity index (χ0) is 14.5. The Morgan fingerprint density at radius 2 is 2.15 bits per heavy atom. The van der Waals surface area contributed by atoms with Crippen molar-refractivity contribution in [2.75, 3.05) is 12.4 Å². The fourth-order valence-electron chi connectivity index (χ4n) is 1.84. The van der Waals surface area contributed by atoms with E-state index in [-0.39, 0.29) is 5.97 Å². The molecule has 0 radical (unpaired) electrons. The molecule has 0 amide bonds. The van der Waals surface area contributed by atoms with E-state index in [0.29, 0.717) is 12.1 Å². The Bertz CT molecular complexity index is 629. The number of hydrogen-bond donors (Lipinski definition) is 1. The van der Waals surface area contributed by atoms with E-state index in [0.717, 1.165) is 21.5 Å². The van der Waals surface area contributed by atoms with Crippen molar-refractivity contribution >= 4 is 27.6 Å². The highest BCUT2D eigenvalue weighted by Gasteiger charge is 2.07. The number of methoxy groups -OCH3 is 1. The van der Waals surface area contributed by atoms with E-state index in [4.69, 9.17) is 4.74 Å². The highest BCUT2D eigenvalue weighted by molar-refractivity contribution is 9.10. The van der Waals surface area contributed by atoms with Gasteiger partial charge >= 0.3 is 5.97 Å². The van der Waals surface area contributed by atoms with Crippen LogP contribution in [0.3, 0.4) is 0 Å². The molecule has 1 N–H and O–H groups in total. The minimum Gasteiger partial charge on any atom is -0.465 e. The van der Waals surface area contributed by atoms with Crippen LogP contribution in [-0.4, -0.2) is 18.1 Å². The molecule has 0 spiro atoms. The van der Waals surface area contributed by atoms with Gasteiger partial charge in [0.15, 0.2) is 0 Å². The zero-order valence-corrected chi connectivity index (χ0v) is 12.9. The largest absolute Gasteiger partial charge is 0.465 e. The highest BCUT2D eigenvalue weighted by atomic mass is 79.9. The summed E-state index contributed by atoms with van der Waals surface area (Å²) in [5, 5.41) is 3.31. The van der Waals surface area contributed by atoms with Gasteiger partial charge in [0.05, 0.1) is 24.9 Å². The number of pyridine rings is 1. The summed E-state index contributed by atoms with van der Waals surface area (Å²) in [4.78, 5) is 15.8. The van der Waals surface area contributed by atoms with E-state index in [1.165, 1.54) is 7.11 Å². The maximum Gasteiger partial charge on any atom is 0.337 e. The van der Waals surface area contributed by atoms with Crippen molar-refractivity contribution in [3.63, 3.8) is 0 Å². The van der Waals surface area contributed by atoms with Gasteiger partial charge in [0.25, 0.3) is 0 Å². The van der Waals surface area contributed by atoms with Crippen LogP contribution in [0.25, 0.3) is 0 Å².